The number of ether oxygens (including phenoxy) is 1. The number of benzene rings is 1. The van der Waals surface area contributed by atoms with Gasteiger partial charge in [0, 0.05) is 50.3 Å². The zero-order chi connectivity index (χ0) is 19.2. The van der Waals surface area contributed by atoms with Gasteiger partial charge in [-0.05, 0) is 49.9 Å². The Morgan fingerprint density at radius 1 is 1.26 bits per heavy atom. The van der Waals surface area contributed by atoms with Crippen molar-refractivity contribution in [3.8, 4) is 5.75 Å². The largest absolute Gasteiger partial charge is 0.497 e. The molecule has 144 valence electrons. The maximum atomic E-state index is 12.8. The third kappa shape index (κ3) is 4.98. The molecule has 1 aromatic heterocycles. The molecule has 6 heteroatoms. The van der Waals surface area contributed by atoms with E-state index in [4.69, 9.17) is 4.74 Å². The van der Waals surface area contributed by atoms with Crippen LogP contribution in [0.25, 0.3) is 0 Å². The van der Waals surface area contributed by atoms with Gasteiger partial charge in [-0.15, -0.1) is 0 Å². The van der Waals surface area contributed by atoms with Gasteiger partial charge in [0.25, 0.3) is 0 Å². The lowest BCUT2D eigenvalue weighted by atomic mass is 10.1. The Bertz CT molecular complexity index is 736. The Kier molecular flexibility index (Phi) is 6.29. The van der Waals surface area contributed by atoms with Crippen molar-refractivity contribution >= 4 is 11.6 Å². The van der Waals surface area contributed by atoms with Crippen molar-refractivity contribution in [1.29, 1.82) is 0 Å². The number of anilines is 1. The lowest BCUT2D eigenvalue weighted by Gasteiger charge is -2.41. The summed E-state index contributed by atoms with van der Waals surface area (Å²) in [4.78, 5) is 23.3. The van der Waals surface area contributed by atoms with E-state index in [1.165, 1.54) is 5.69 Å². The SMILES string of the molecule is COc1ccc(N2CCN(C(=O)CN(C)Cc3cccnc3)[C@@H](C)C2)cc1. The minimum absolute atomic E-state index is 0.181. The second-order valence-electron chi connectivity index (χ2n) is 7.11. The molecule has 1 aromatic carbocycles. The van der Waals surface area contributed by atoms with Crippen LogP contribution in [0.15, 0.2) is 48.8 Å². The van der Waals surface area contributed by atoms with Gasteiger partial charge >= 0.3 is 0 Å². The van der Waals surface area contributed by atoms with Gasteiger partial charge in [-0.3, -0.25) is 14.7 Å². The first-order valence-corrected chi connectivity index (χ1v) is 9.32. The van der Waals surface area contributed by atoms with Crippen LogP contribution in [0.1, 0.15) is 12.5 Å². The van der Waals surface area contributed by atoms with Gasteiger partial charge in [0.2, 0.25) is 5.91 Å². The molecule has 3 rings (SSSR count). The average molecular weight is 368 g/mol. The number of nitrogens with zero attached hydrogens (tertiary/aromatic N) is 4. The average Bonchev–Trinajstić information content (AvgIpc) is 2.68. The first kappa shape index (κ1) is 19.2. The third-order valence-electron chi connectivity index (χ3n) is 4.97. The Morgan fingerprint density at radius 2 is 2.04 bits per heavy atom. The fourth-order valence-electron chi connectivity index (χ4n) is 3.54. The first-order valence-electron chi connectivity index (χ1n) is 9.32. The predicted molar refractivity (Wildman–Crippen MR) is 107 cm³/mol. The number of amides is 1. The van der Waals surface area contributed by atoms with Crippen molar-refractivity contribution in [1.82, 2.24) is 14.8 Å². The number of carbonyl (C=O) groups is 1. The van der Waals surface area contributed by atoms with Crippen molar-refractivity contribution in [2.75, 3.05) is 45.2 Å². The number of methoxy groups -OCH3 is 1. The van der Waals surface area contributed by atoms with Gasteiger partial charge in [-0.25, -0.2) is 0 Å². The summed E-state index contributed by atoms with van der Waals surface area (Å²) in [5.74, 6) is 1.04. The first-order chi connectivity index (χ1) is 13.1. The quantitative estimate of drug-likeness (QED) is 0.783. The van der Waals surface area contributed by atoms with Gasteiger partial charge in [0.05, 0.1) is 13.7 Å². The van der Waals surface area contributed by atoms with Crippen LogP contribution in [-0.4, -0.2) is 67.1 Å². The summed E-state index contributed by atoms with van der Waals surface area (Å²) in [7, 11) is 3.65. The molecule has 0 N–H and O–H groups in total. The maximum Gasteiger partial charge on any atom is 0.237 e. The molecule has 0 aliphatic carbocycles. The fourth-order valence-corrected chi connectivity index (χ4v) is 3.54. The molecule has 0 radical (unpaired) electrons. The summed E-state index contributed by atoms with van der Waals surface area (Å²) in [6.45, 7) is 5.68. The van der Waals surface area contributed by atoms with Crippen molar-refractivity contribution in [3.05, 3.63) is 54.4 Å². The number of likely N-dealkylation sites (N-methyl/N-ethyl adjacent to an activating group) is 1. The molecule has 0 bridgehead atoms. The van der Waals surface area contributed by atoms with Crippen molar-refractivity contribution in [2.24, 2.45) is 0 Å². The molecule has 27 heavy (non-hydrogen) atoms. The summed E-state index contributed by atoms with van der Waals surface area (Å²) in [6.07, 6.45) is 3.61. The van der Waals surface area contributed by atoms with Crippen LogP contribution in [0.3, 0.4) is 0 Å². The zero-order valence-electron chi connectivity index (χ0n) is 16.3. The van der Waals surface area contributed by atoms with E-state index in [0.29, 0.717) is 6.54 Å². The molecule has 2 heterocycles. The molecular weight excluding hydrogens is 340 g/mol. The molecular formula is C21H28N4O2. The smallest absolute Gasteiger partial charge is 0.237 e. The van der Waals surface area contributed by atoms with Crippen LogP contribution in [0, 0.1) is 0 Å². The van der Waals surface area contributed by atoms with Gasteiger partial charge < -0.3 is 14.5 Å². The summed E-state index contributed by atoms with van der Waals surface area (Å²) in [6, 6.07) is 12.2. The molecule has 1 amide bonds. The number of pyridine rings is 1. The minimum Gasteiger partial charge on any atom is -0.497 e. The Labute approximate surface area is 161 Å². The van der Waals surface area contributed by atoms with Gasteiger partial charge in [0.15, 0.2) is 0 Å². The van der Waals surface area contributed by atoms with E-state index in [1.807, 2.05) is 47.3 Å². The standard InChI is InChI=1S/C21H28N4O2/c1-17-14-24(19-6-8-20(27-3)9-7-19)11-12-25(17)21(26)16-23(2)15-18-5-4-10-22-13-18/h4-10,13,17H,11-12,14-16H2,1-3H3/t17-/m0/s1. The van der Waals surface area contributed by atoms with Crippen LogP contribution in [0.4, 0.5) is 5.69 Å². The van der Waals surface area contributed by atoms with E-state index in [2.05, 4.69) is 28.9 Å². The highest BCUT2D eigenvalue weighted by atomic mass is 16.5. The fraction of sp³-hybridized carbons (Fsp3) is 0.429. The number of piperazine rings is 1. The minimum atomic E-state index is 0.181. The van der Waals surface area contributed by atoms with Crippen LogP contribution < -0.4 is 9.64 Å². The highest BCUT2D eigenvalue weighted by molar-refractivity contribution is 5.79. The summed E-state index contributed by atoms with van der Waals surface area (Å²) < 4.78 is 5.23. The Morgan fingerprint density at radius 3 is 2.67 bits per heavy atom. The number of carbonyl (C=O) groups excluding carboxylic acids is 1. The van der Waals surface area contributed by atoms with E-state index in [0.717, 1.165) is 37.5 Å². The highest BCUT2D eigenvalue weighted by Gasteiger charge is 2.28. The second kappa shape index (κ2) is 8.86. The summed E-state index contributed by atoms with van der Waals surface area (Å²) in [5.41, 5.74) is 2.29. The summed E-state index contributed by atoms with van der Waals surface area (Å²) >= 11 is 0. The molecule has 1 aliphatic heterocycles. The summed E-state index contributed by atoms with van der Waals surface area (Å²) in [5, 5.41) is 0. The van der Waals surface area contributed by atoms with E-state index >= 15 is 0 Å². The van der Waals surface area contributed by atoms with Gasteiger partial charge in [-0.1, -0.05) is 6.07 Å². The van der Waals surface area contributed by atoms with Crippen LogP contribution >= 0.6 is 0 Å². The normalized spacial score (nSPS) is 17.3. The van der Waals surface area contributed by atoms with Crippen molar-refractivity contribution in [2.45, 2.75) is 19.5 Å². The van der Waals surface area contributed by atoms with E-state index in [-0.39, 0.29) is 11.9 Å². The zero-order valence-corrected chi connectivity index (χ0v) is 16.3. The highest BCUT2D eigenvalue weighted by Crippen LogP contribution is 2.22. The molecule has 6 nitrogen and oxygen atoms in total. The van der Waals surface area contributed by atoms with Gasteiger partial charge in [-0.2, -0.15) is 0 Å². The van der Waals surface area contributed by atoms with E-state index < -0.39 is 0 Å². The molecule has 1 saturated heterocycles. The maximum absolute atomic E-state index is 12.8. The second-order valence-corrected chi connectivity index (χ2v) is 7.11. The number of aromatic nitrogens is 1. The molecule has 0 spiro atoms. The molecule has 0 unspecified atom stereocenters. The van der Waals surface area contributed by atoms with Crippen LogP contribution in [-0.2, 0) is 11.3 Å². The van der Waals surface area contributed by atoms with Crippen molar-refractivity contribution < 1.29 is 9.53 Å². The predicted octanol–water partition coefficient (Wildman–Crippen LogP) is 2.26. The van der Waals surface area contributed by atoms with E-state index in [9.17, 15) is 4.79 Å². The Balaban J connectivity index is 1.53. The molecule has 1 aliphatic rings. The topological polar surface area (TPSA) is 48.9 Å². The monoisotopic (exact) mass is 368 g/mol. The molecule has 2 aromatic rings. The van der Waals surface area contributed by atoms with E-state index in [1.54, 1.807) is 13.3 Å². The molecule has 1 atom stereocenters. The number of hydrogen-bond acceptors (Lipinski definition) is 5. The van der Waals surface area contributed by atoms with Crippen LogP contribution in [0.5, 0.6) is 5.75 Å². The number of rotatable bonds is 6. The van der Waals surface area contributed by atoms with Crippen LogP contribution in [0.2, 0.25) is 0 Å². The van der Waals surface area contributed by atoms with Gasteiger partial charge in [0.1, 0.15) is 5.75 Å². The lowest BCUT2D eigenvalue weighted by Crippen LogP contribution is -2.55. The third-order valence-corrected chi connectivity index (χ3v) is 4.97. The molecule has 1 fully saturated rings. The van der Waals surface area contributed by atoms with Crippen molar-refractivity contribution in [3.63, 3.8) is 0 Å². The number of hydrogen-bond donors (Lipinski definition) is 0. The lowest BCUT2D eigenvalue weighted by molar-refractivity contribution is -0.134. The Hall–Kier alpha value is -2.60. The molecule has 0 saturated carbocycles.